The third-order valence-corrected chi connectivity index (χ3v) is 3.97. The molecule has 2 N–H and O–H groups in total. The molecule has 1 aliphatic rings. The van der Waals surface area contributed by atoms with Crippen LogP contribution in [0.3, 0.4) is 0 Å². The minimum Gasteiger partial charge on any atom is -0.382 e. The van der Waals surface area contributed by atoms with Crippen LogP contribution in [-0.4, -0.2) is 63.3 Å². The minimum atomic E-state index is 0. The summed E-state index contributed by atoms with van der Waals surface area (Å²) < 4.78 is 5.35. The fourth-order valence-electron chi connectivity index (χ4n) is 2.82. The van der Waals surface area contributed by atoms with Crippen molar-refractivity contribution in [1.29, 1.82) is 0 Å². The first-order chi connectivity index (χ1) is 10.8. The van der Waals surface area contributed by atoms with E-state index >= 15 is 0 Å². The van der Waals surface area contributed by atoms with Crippen molar-refractivity contribution >= 4 is 29.9 Å². The normalized spacial score (nSPS) is 18.7. The lowest BCUT2D eigenvalue weighted by Crippen LogP contribution is -2.38. The number of rotatable bonds is 11. The second-order valence-corrected chi connectivity index (χ2v) is 6.01. The van der Waals surface area contributed by atoms with Gasteiger partial charge in [0.25, 0.3) is 0 Å². The van der Waals surface area contributed by atoms with Crippen LogP contribution in [0.25, 0.3) is 0 Å². The van der Waals surface area contributed by atoms with E-state index in [1.165, 1.54) is 32.5 Å². The van der Waals surface area contributed by atoms with Gasteiger partial charge in [-0.2, -0.15) is 0 Å². The molecule has 6 heteroatoms. The average Bonchev–Trinajstić information content (AvgIpc) is 2.96. The number of unbranched alkanes of at least 4 members (excludes halogenated alkanes) is 1. The van der Waals surface area contributed by atoms with E-state index in [-0.39, 0.29) is 24.0 Å². The highest BCUT2D eigenvalue weighted by Gasteiger charge is 2.21. The maximum atomic E-state index is 5.35. The third-order valence-electron chi connectivity index (χ3n) is 3.97. The van der Waals surface area contributed by atoms with Crippen molar-refractivity contribution in [2.75, 3.05) is 52.5 Å². The molecule has 0 radical (unpaired) electrons. The van der Waals surface area contributed by atoms with Crippen LogP contribution < -0.4 is 10.6 Å². The Balaban J connectivity index is 0.00000484. The molecule has 0 aromatic carbocycles. The van der Waals surface area contributed by atoms with Crippen molar-refractivity contribution in [2.45, 2.75) is 46.5 Å². The minimum absolute atomic E-state index is 0. The molecule has 1 aliphatic heterocycles. The van der Waals surface area contributed by atoms with Crippen molar-refractivity contribution < 1.29 is 4.74 Å². The van der Waals surface area contributed by atoms with Crippen LogP contribution in [0, 0.1) is 5.92 Å². The van der Waals surface area contributed by atoms with Gasteiger partial charge in [-0.3, -0.25) is 4.99 Å². The Kier molecular flexibility index (Phi) is 15.4. The van der Waals surface area contributed by atoms with Crippen molar-refractivity contribution in [3.8, 4) is 0 Å². The number of halogens is 1. The molecule has 1 saturated heterocycles. The number of ether oxygens (including phenoxy) is 1. The van der Waals surface area contributed by atoms with Gasteiger partial charge in [0, 0.05) is 39.4 Å². The Morgan fingerprint density at radius 1 is 1.22 bits per heavy atom. The van der Waals surface area contributed by atoms with E-state index in [0.29, 0.717) is 0 Å². The van der Waals surface area contributed by atoms with Crippen molar-refractivity contribution in [1.82, 2.24) is 15.5 Å². The lowest BCUT2D eigenvalue weighted by Gasteiger charge is -2.15. The average molecular weight is 440 g/mol. The van der Waals surface area contributed by atoms with Crippen molar-refractivity contribution in [3.05, 3.63) is 0 Å². The smallest absolute Gasteiger partial charge is 0.191 e. The molecule has 0 saturated carbocycles. The molecule has 5 nitrogen and oxygen atoms in total. The van der Waals surface area contributed by atoms with Crippen LogP contribution >= 0.6 is 24.0 Å². The number of hydrogen-bond acceptors (Lipinski definition) is 3. The quantitative estimate of drug-likeness (QED) is 0.225. The summed E-state index contributed by atoms with van der Waals surface area (Å²) in [6.07, 6.45) is 4.77. The highest BCUT2D eigenvalue weighted by atomic mass is 127. The van der Waals surface area contributed by atoms with E-state index in [4.69, 9.17) is 9.73 Å². The zero-order chi connectivity index (χ0) is 16.0. The van der Waals surface area contributed by atoms with Gasteiger partial charge in [-0.1, -0.05) is 6.92 Å². The molecule has 0 aliphatic carbocycles. The second kappa shape index (κ2) is 15.4. The zero-order valence-electron chi connectivity index (χ0n) is 15.3. The Hall–Kier alpha value is -0.0800. The van der Waals surface area contributed by atoms with Crippen LogP contribution in [-0.2, 0) is 4.74 Å². The number of guanidine groups is 1. The lowest BCUT2D eigenvalue weighted by molar-refractivity contribution is 0.143. The number of nitrogens with one attached hydrogen (secondary N) is 2. The molecule has 23 heavy (non-hydrogen) atoms. The maximum Gasteiger partial charge on any atom is 0.191 e. The van der Waals surface area contributed by atoms with E-state index < -0.39 is 0 Å². The second-order valence-electron chi connectivity index (χ2n) is 6.01. The molecular formula is C17H37IN4O. The number of likely N-dealkylation sites (tertiary alicyclic amines) is 1. The molecule has 1 fully saturated rings. The monoisotopic (exact) mass is 440 g/mol. The van der Waals surface area contributed by atoms with Crippen LogP contribution in [0.5, 0.6) is 0 Å². The highest BCUT2D eigenvalue weighted by Crippen LogP contribution is 2.16. The first-order valence-corrected chi connectivity index (χ1v) is 9.12. The topological polar surface area (TPSA) is 48.9 Å². The van der Waals surface area contributed by atoms with Crippen LogP contribution in [0.4, 0.5) is 0 Å². The van der Waals surface area contributed by atoms with Crippen molar-refractivity contribution in [3.63, 3.8) is 0 Å². The Morgan fingerprint density at radius 3 is 2.74 bits per heavy atom. The van der Waals surface area contributed by atoms with Gasteiger partial charge >= 0.3 is 0 Å². The zero-order valence-corrected chi connectivity index (χ0v) is 17.6. The molecule has 1 atom stereocenters. The van der Waals surface area contributed by atoms with Gasteiger partial charge in [0.05, 0.1) is 0 Å². The van der Waals surface area contributed by atoms with Gasteiger partial charge in [0.2, 0.25) is 0 Å². The fourth-order valence-corrected chi connectivity index (χ4v) is 2.82. The van der Waals surface area contributed by atoms with Gasteiger partial charge < -0.3 is 20.3 Å². The molecule has 0 aromatic rings. The van der Waals surface area contributed by atoms with E-state index in [9.17, 15) is 0 Å². The molecule has 0 amide bonds. The van der Waals surface area contributed by atoms with E-state index in [0.717, 1.165) is 57.6 Å². The summed E-state index contributed by atoms with van der Waals surface area (Å²) in [7, 11) is 0. The summed E-state index contributed by atoms with van der Waals surface area (Å²) in [5.74, 6) is 1.69. The van der Waals surface area contributed by atoms with Crippen LogP contribution in [0.15, 0.2) is 4.99 Å². The first kappa shape index (κ1) is 22.9. The van der Waals surface area contributed by atoms with Gasteiger partial charge in [-0.15, -0.1) is 24.0 Å². The summed E-state index contributed by atoms with van der Waals surface area (Å²) in [5.41, 5.74) is 0. The molecule has 138 valence electrons. The summed E-state index contributed by atoms with van der Waals surface area (Å²) in [5, 5.41) is 6.77. The van der Waals surface area contributed by atoms with Crippen LogP contribution in [0.1, 0.15) is 46.5 Å². The highest BCUT2D eigenvalue weighted by molar-refractivity contribution is 14.0. The van der Waals surface area contributed by atoms with Crippen LogP contribution in [0.2, 0.25) is 0 Å². The number of aliphatic imine (C=N–C) groups is 1. The molecule has 0 aromatic heterocycles. The molecule has 0 spiro atoms. The number of hydrogen-bond donors (Lipinski definition) is 2. The predicted octanol–water partition coefficient (Wildman–Crippen LogP) is 2.71. The van der Waals surface area contributed by atoms with E-state index in [1.54, 1.807) is 0 Å². The van der Waals surface area contributed by atoms with Gasteiger partial charge in [-0.05, 0) is 58.5 Å². The van der Waals surface area contributed by atoms with E-state index in [1.807, 2.05) is 6.92 Å². The summed E-state index contributed by atoms with van der Waals surface area (Å²) in [4.78, 5) is 7.32. The Labute approximate surface area is 160 Å². The lowest BCUT2D eigenvalue weighted by atomic mass is 10.1. The summed E-state index contributed by atoms with van der Waals surface area (Å²) in [6, 6.07) is 0. The largest absolute Gasteiger partial charge is 0.382 e. The third kappa shape index (κ3) is 11.2. The predicted molar refractivity (Wildman–Crippen MR) is 110 cm³/mol. The molecular weight excluding hydrogens is 403 g/mol. The molecule has 0 bridgehead atoms. The Morgan fingerprint density at radius 2 is 2.04 bits per heavy atom. The number of nitrogens with zero attached hydrogens (tertiary/aromatic N) is 2. The standard InChI is InChI=1S/C17H36N4O.HI/c1-4-11-21-12-9-16(15-21)14-20-17(18-5-2)19-10-7-8-13-22-6-3;/h16H,4-15H2,1-3H3,(H2,18,19,20);1H. The van der Waals surface area contributed by atoms with Gasteiger partial charge in [0.1, 0.15) is 0 Å². The van der Waals surface area contributed by atoms with Gasteiger partial charge in [-0.25, -0.2) is 0 Å². The summed E-state index contributed by atoms with van der Waals surface area (Å²) >= 11 is 0. The van der Waals surface area contributed by atoms with Gasteiger partial charge in [0.15, 0.2) is 5.96 Å². The maximum absolute atomic E-state index is 5.35. The molecule has 1 heterocycles. The Bertz CT molecular complexity index is 302. The molecule has 1 rings (SSSR count). The SMILES string of the molecule is CCCN1CCC(CN=C(NCC)NCCCCOCC)C1.I. The van der Waals surface area contributed by atoms with E-state index in [2.05, 4.69) is 29.4 Å². The molecule has 1 unspecified atom stereocenters. The van der Waals surface area contributed by atoms with Crippen molar-refractivity contribution in [2.24, 2.45) is 10.9 Å². The fraction of sp³-hybridized carbons (Fsp3) is 0.941. The first-order valence-electron chi connectivity index (χ1n) is 9.12. The summed E-state index contributed by atoms with van der Waals surface area (Å²) in [6.45, 7) is 14.6.